The average Bonchev–Trinajstić information content (AvgIpc) is 2.97. The van der Waals surface area contributed by atoms with Crippen LogP contribution in [0.5, 0.6) is 11.5 Å². The van der Waals surface area contributed by atoms with E-state index in [0.717, 1.165) is 28.1 Å². The van der Waals surface area contributed by atoms with Gasteiger partial charge in [-0.25, -0.2) is 0 Å². The molecule has 0 spiro atoms. The fourth-order valence-corrected chi connectivity index (χ4v) is 3.81. The highest BCUT2D eigenvalue weighted by molar-refractivity contribution is 7.99. The molecule has 4 heteroatoms. The van der Waals surface area contributed by atoms with Crippen LogP contribution in [0.2, 0.25) is 0 Å². The molecule has 0 bridgehead atoms. The Bertz CT molecular complexity index is 405. The van der Waals surface area contributed by atoms with Gasteiger partial charge in [0.15, 0.2) is 11.5 Å². The molecule has 1 aromatic rings. The highest BCUT2D eigenvalue weighted by atomic mass is 32.2. The van der Waals surface area contributed by atoms with Crippen molar-refractivity contribution in [1.82, 2.24) is 0 Å². The Morgan fingerprint density at radius 3 is 2.53 bits per heavy atom. The van der Waals surface area contributed by atoms with Gasteiger partial charge in [-0.2, -0.15) is 11.8 Å². The quantitative estimate of drug-likeness (QED) is 0.868. The lowest BCUT2D eigenvalue weighted by molar-refractivity contribution is 0.354. The first-order chi connectivity index (χ1) is 9.24. The van der Waals surface area contributed by atoms with E-state index in [1.807, 2.05) is 30.0 Å². The normalized spacial score (nSPS) is 17.4. The van der Waals surface area contributed by atoms with Crippen molar-refractivity contribution in [3.05, 3.63) is 23.8 Å². The molecule has 2 N–H and O–H groups in total. The van der Waals surface area contributed by atoms with Crippen molar-refractivity contribution < 1.29 is 9.47 Å². The van der Waals surface area contributed by atoms with E-state index in [2.05, 4.69) is 0 Å². The third-order valence-corrected chi connectivity index (χ3v) is 5.14. The zero-order chi connectivity index (χ0) is 13.7. The van der Waals surface area contributed by atoms with Gasteiger partial charge in [0.2, 0.25) is 0 Å². The van der Waals surface area contributed by atoms with Gasteiger partial charge in [-0.15, -0.1) is 0 Å². The molecular weight excluding hydrogens is 258 g/mol. The molecule has 1 aliphatic carbocycles. The summed E-state index contributed by atoms with van der Waals surface area (Å²) in [6.07, 6.45) is 5.46. The summed E-state index contributed by atoms with van der Waals surface area (Å²) in [5, 5.41) is 0.811. The van der Waals surface area contributed by atoms with Crippen molar-refractivity contribution in [1.29, 1.82) is 0 Å². The average molecular weight is 281 g/mol. The fraction of sp³-hybridized carbons (Fsp3) is 0.600. The fourth-order valence-electron chi connectivity index (χ4n) is 2.47. The van der Waals surface area contributed by atoms with Crippen LogP contribution in [-0.4, -0.2) is 25.2 Å². The maximum Gasteiger partial charge on any atom is 0.161 e. The van der Waals surface area contributed by atoms with Gasteiger partial charge in [0.25, 0.3) is 0 Å². The third-order valence-electron chi connectivity index (χ3n) is 3.65. The van der Waals surface area contributed by atoms with Crippen molar-refractivity contribution in [2.24, 2.45) is 5.73 Å². The molecule has 1 saturated carbocycles. The number of rotatable bonds is 6. The first kappa shape index (κ1) is 14.5. The molecule has 0 radical (unpaired) electrons. The topological polar surface area (TPSA) is 44.5 Å². The summed E-state index contributed by atoms with van der Waals surface area (Å²) in [7, 11) is 3.30. The van der Waals surface area contributed by atoms with Crippen molar-refractivity contribution in [3.8, 4) is 11.5 Å². The standard InChI is InChI=1S/C15H23NO2S/c1-17-14-8-7-11(9-15(14)18-2)13(16)10-19-12-5-3-4-6-12/h7-9,12-13H,3-6,10,16H2,1-2H3. The molecule has 0 saturated heterocycles. The van der Waals surface area contributed by atoms with Crippen LogP contribution in [0.4, 0.5) is 0 Å². The minimum absolute atomic E-state index is 0.0606. The van der Waals surface area contributed by atoms with Gasteiger partial charge < -0.3 is 15.2 Å². The Kier molecular flexibility index (Phi) is 5.40. The largest absolute Gasteiger partial charge is 0.493 e. The first-order valence-corrected chi connectivity index (χ1v) is 7.88. The number of thioether (sulfide) groups is 1. The van der Waals surface area contributed by atoms with E-state index in [4.69, 9.17) is 15.2 Å². The van der Waals surface area contributed by atoms with Gasteiger partial charge in [-0.05, 0) is 30.5 Å². The molecule has 3 nitrogen and oxygen atoms in total. The maximum absolute atomic E-state index is 6.27. The van der Waals surface area contributed by atoms with E-state index in [1.165, 1.54) is 25.7 Å². The highest BCUT2D eigenvalue weighted by Gasteiger charge is 2.17. The van der Waals surface area contributed by atoms with Gasteiger partial charge in [-0.1, -0.05) is 18.9 Å². The van der Waals surface area contributed by atoms with Crippen LogP contribution in [0.25, 0.3) is 0 Å². The number of benzene rings is 1. The zero-order valence-corrected chi connectivity index (χ0v) is 12.5. The number of nitrogens with two attached hydrogens (primary N) is 1. The van der Waals surface area contributed by atoms with Crippen molar-refractivity contribution in [3.63, 3.8) is 0 Å². The molecule has 1 unspecified atom stereocenters. The molecule has 0 aliphatic heterocycles. The number of methoxy groups -OCH3 is 2. The van der Waals surface area contributed by atoms with E-state index in [0.29, 0.717) is 0 Å². The molecule has 0 amide bonds. The van der Waals surface area contributed by atoms with E-state index < -0.39 is 0 Å². The molecule has 1 aromatic carbocycles. The molecule has 106 valence electrons. The van der Waals surface area contributed by atoms with Gasteiger partial charge in [0, 0.05) is 17.0 Å². The van der Waals surface area contributed by atoms with E-state index in [1.54, 1.807) is 14.2 Å². The van der Waals surface area contributed by atoms with Crippen LogP contribution in [0.15, 0.2) is 18.2 Å². The lowest BCUT2D eigenvalue weighted by Gasteiger charge is -2.16. The summed E-state index contributed by atoms with van der Waals surface area (Å²) in [6, 6.07) is 6.00. The highest BCUT2D eigenvalue weighted by Crippen LogP contribution is 2.33. The SMILES string of the molecule is COc1ccc(C(N)CSC2CCCC2)cc1OC. The van der Waals surface area contributed by atoms with Gasteiger partial charge in [0.1, 0.15) is 0 Å². The van der Waals surface area contributed by atoms with E-state index >= 15 is 0 Å². The summed E-state index contributed by atoms with van der Waals surface area (Å²) in [6.45, 7) is 0. The summed E-state index contributed by atoms with van der Waals surface area (Å²) in [5.41, 5.74) is 7.39. The van der Waals surface area contributed by atoms with E-state index in [-0.39, 0.29) is 6.04 Å². The Balaban J connectivity index is 1.95. The van der Waals surface area contributed by atoms with Gasteiger partial charge >= 0.3 is 0 Å². The summed E-state index contributed by atoms with van der Waals surface area (Å²) < 4.78 is 10.6. The van der Waals surface area contributed by atoms with Gasteiger partial charge in [-0.3, -0.25) is 0 Å². The van der Waals surface area contributed by atoms with E-state index in [9.17, 15) is 0 Å². The molecule has 2 rings (SSSR count). The zero-order valence-electron chi connectivity index (χ0n) is 11.7. The molecule has 1 aliphatic rings. The molecular formula is C15H23NO2S. The third kappa shape index (κ3) is 3.80. The molecule has 0 heterocycles. The van der Waals surface area contributed by atoms with Crippen molar-refractivity contribution >= 4 is 11.8 Å². The number of hydrogen-bond acceptors (Lipinski definition) is 4. The molecule has 0 aromatic heterocycles. The Morgan fingerprint density at radius 1 is 1.21 bits per heavy atom. The lowest BCUT2D eigenvalue weighted by Crippen LogP contribution is -2.15. The summed E-state index contributed by atoms with van der Waals surface area (Å²) >= 11 is 2.01. The number of ether oxygens (including phenoxy) is 2. The first-order valence-electron chi connectivity index (χ1n) is 6.83. The Morgan fingerprint density at radius 2 is 1.89 bits per heavy atom. The van der Waals surface area contributed by atoms with Crippen LogP contribution in [-0.2, 0) is 0 Å². The second-order valence-corrected chi connectivity index (χ2v) is 6.29. The minimum atomic E-state index is 0.0606. The predicted octanol–water partition coefficient (Wildman–Crippen LogP) is 3.38. The van der Waals surface area contributed by atoms with Crippen LogP contribution in [0.3, 0.4) is 0 Å². The Labute approximate surface area is 119 Å². The monoisotopic (exact) mass is 281 g/mol. The maximum atomic E-state index is 6.27. The second kappa shape index (κ2) is 7.06. The molecule has 19 heavy (non-hydrogen) atoms. The van der Waals surface area contributed by atoms with Crippen LogP contribution in [0.1, 0.15) is 37.3 Å². The summed E-state index contributed by atoms with van der Waals surface area (Å²) in [5.74, 6) is 2.48. The lowest BCUT2D eigenvalue weighted by atomic mass is 10.1. The van der Waals surface area contributed by atoms with Crippen LogP contribution < -0.4 is 15.2 Å². The van der Waals surface area contributed by atoms with Gasteiger partial charge in [0.05, 0.1) is 14.2 Å². The summed E-state index contributed by atoms with van der Waals surface area (Å²) in [4.78, 5) is 0. The second-order valence-electron chi connectivity index (χ2n) is 4.96. The van der Waals surface area contributed by atoms with Crippen molar-refractivity contribution in [2.45, 2.75) is 37.0 Å². The molecule has 1 fully saturated rings. The smallest absolute Gasteiger partial charge is 0.161 e. The predicted molar refractivity (Wildman–Crippen MR) is 81.2 cm³/mol. The van der Waals surface area contributed by atoms with Crippen LogP contribution in [0, 0.1) is 0 Å². The molecule has 1 atom stereocenters. The minimum Gasteiger partial charge on any atom is -0.493 e. The van der Waals surface area contributed by atoms with Crippen LogP contribution >= 0.6 is 11.8 Å². The van der Waals surface area contributed by atoms with Crippen molar-refractivity contribution in [2.75, 3.05) is 20.0 Å². The Hall–Kier alpha value is -0.870. The number of hydrogen-bond donors (Lipinski definition) is 1.